The zero-order valence-corrected chi connectivity index (χ0v) is 13.8. The quantitative estimate of drug-likeness (QED) is 0.820. The van der Waals surface area contributed by atoms with Crippen molar-refractivity contribution in [3.8, 4) is 0 Å². The van der Waals surface area contributed by atoms with Crippen molar-refractivity contribution in [2.45, 2.75) is 57.0 Å². The Morgan fingerprint density at radius 2 is 1.71 bits per heavy atom. The molecule has 2 aliphatic rings. The molecule has 0 unspecified atom stereocenters. The van der Waals surface area contributed by atoms with Crippen LogP contribution in [0, 0.1) is 0 Å². The maximum Gasteiger partial charge on any atom is 0.249 e. The van der Waals surface area contributed by atoms with E-state index in [1.54, 1.807) is 13.8 Å². The third-order valence-electron chi connectivity index (χ3n) is 4.63. The molecule has 0 atom stereocenters. The predicted molar refractivity (Wildman–Crippen MR) is 79.5 cm³/mol. The van der Waals surface area contributed by atoms with E-state index in [1.807, 2.05) is 0 Å². The number of piperazine rings is 1. The standard InChI is InChI=1S/C14H24N2O4S/c1-13(2)11(17)15-14(7-5-4-6-8-14)12(18)16(13)9-10-21(3,19)20/h4-10H2,1-3H3,(H,15,17). The summed E-state index contributed by atoms with van der Waals surface area (Å²) < 4.78 is 22.8. The van der Waals surface area contributed by atoms with E-state index in [1.165, 1.54) is 4.90 Å². The van der Waals surface area contributed by atoms with Crippen LogP contribution in [0.3, 0.4) is 0 Å². The minimum atomic E-state index is -3.18. The fourth-order valence-electron chi connectivity index (χ4n) is 3.19. The normalized spacial score (nSPS) is 25.0. The molecule has 2 amide bonds. The van der Waals surface area contributed by atoms with Gasteiger partial charge in [-0.05, 0) is 26.7 Å². The molecule has 1 N–H and O–H groups in total. The molecular formula is C14H24N2O4S. The van der Waals surface area contributed by atoms with Crippen LogP contribution in [0.4, 0.5) is 0 Å². The van der Waals surface area contributed by atoms with Crippen LogP contribution >= 0.6 is 0 Å². The average Bonchev–Trinajstić information content (AvgIpc) is 2.36. The van der Waals surface area contributed by atoms with Crippen LogP contribution in [0.1, 0.15) is 46.0 Å². The van der Waals surface area contributed by atoms with Crippen molar-refractivity contribution in [2.24, 2.45) is 0 Å². The van der Waals surface area contributed by atoms with Gasteiger partial charge in [0.1, 0.15) is 20.9 Å². The van der Waals surface area contributed by atoms with Crippen molar-refractivity contribution < 1.29 is 18.0 Å². The molecular weight excluding hydrogens is 292 g/mol. The van der Waals surface area contributed by atoms with Crippen molar-refractivity contribution in [3.63, 3.8) is 0 Å². The number of nitrogens with zero attached hydrogens (tertiary/aromatic N) is 1. The van der Waals surface area contributed by atoms with Crippen molar-refractivity contribution in [1.29, 1.82) is 0 Å². The Morgan fingerprint density at radius 3 is 2.24 bits per heavy atom. The molecule has 2 rings (SSSR count). The minimum Gasteiger partial charge on any atom is -0.340 e. The number of hydrogen-bond acceptors (Lipinski definition) is 4. The van der Waals surface area contributed by atoms with Gasteiger partial charge in [-0.25, -0.2) is 8.42 Å². The van der Waals surface area contributed by atoms with Crippen LogP contribution in [0.15, 0.2) is 0 Å². The summed E-state index contributed by atoms with van der Waals surface area (Å²) >= 11 is 0. The van der Waals surface area contributed by atoms with Gasteiger partial charge in [-0.15, -0.1) is 0 Å². The SMILES string of the molecule is CC1(C)C(=O)NC2(CCCCC2)C(=O)N1CCS(C)(=O)=O. The number of rotatable bonds is 3. The highest BCUT2D eigenvalue weighted by molar-refractivity contribution is 7.90. The van der Waals surface area contributed by atoms with Gasteiger partial charge in [0, 0.05) is 12.8 Å². The molecule has 120 valence electrons. The molecule has 1 aliphatic carbocycles. The summed E-state index contributed by atoms with van der Waals surface area (Å²) in [6.45, 7) is 3.40. The van der Waals surface area contributed by atoms with E-state index in [2.05, 4.69) is 5.32 Å². The summed E-state index contributed by atoms with van der Waals surface area (Å²) in [5, 5.41) is 2.92. The molecule has 0 aromatic carbocycles. The van der Waals surface area contributed by atoms with Crippen molar-refractivity contribution in [1.82, 2.24) is 10.2 Å². The molecule has 6 nitrogen and oxygen atoms in total. The largest absolute Gasteiger partial charge is 0.340 e. The summed E-state index contributed by atoms with van der Waals surface area (Å²) in [5.74, 6) is -0.445. The Hall–Kier alpha value is -1.11. The lowest BCUT2D eigenvalue weighted by molar-refractivity contribution is -0.162. The highest BCUT2D eigenvalue weighted by atomic mass is 32.2. The van der Waals surface area contributed by atoms with Crippen LogP contribution in [-0.4, -0.2) is 54.8 Å². The van der Waals surface area contributed by atoms with E-state index >= 15 is 0 Å². The first-order valence-electron chi connectivity index (χ1n) is 7.41. The summed E-state index contributed by atoms with van der Waals surface area (Å²) in [6.07, 6.45) is 5.31. The van der Waals surface area contributed by atoms with Gasteiger partial charge in [0.15, 0.2) is 0 Å². The van der Waals surface area contributed by atoms with E-state index in [0.717, 1.165) is 25.5 Å². The predicted octanol–water partition coefficient (Wildman–Crippen LogP) is 0.471. The smallest absolute Gasteiger partial charge is 0.249 e. The number of hydrogen-bond donors (Lipinski definition) is 1. The van der Waals surface area contributed by atoms with Gasteiger partial charge in [-0.2, -0.15) is 0 Å². The van der Waals surface area contributed by atoms with E-state index in [9.17, 15) is 18.0 Å². The van der Waals surface area contributed by atoms with Crippen molar-refractivity contribution in [3.05, 3.63) is 0 Å². The summed E-state index contributed by atoms with van der Waals surface area (Å²) in [5.41, 5.74) is -1.83. The summed E-state index contributed by atoms with van der Waals surface area (Å²) in [4.78, 5) is 26.8. The molecule has 0 radical (unpaired) electrons. The van der Waals surface area contributed by atoms with E-state index in [4.69, 9.17) is 0 Å². The number of carbonyl (C=O) groups excluding carboxylic acids is 2. The first kappa shape index (κ1) is 16.3. The number of nitrogens with one attached hydrogen (secondary N) is 1. The van der Waals surface area contributed by atoms with Crippen molar-refractivity contribution in [2.75, 3.05) is 18.6 Å². The number of carbonyl (C=O) groups is 2. The number of amides is 2. The maximum atomic E-state index is 12.9. The molecule has 1 saturated heterocycles. The first-order valence-corrected chi connectivity index (χ1v) is 9.47. The fourth-order valence-corrected chi connectivity index (χ4v) is 3.71. The van der Waals surface area contributed by atoms with Gasteiger partial charge in [0.25, 0.3) is 0 Å². The van der Waals surface area contributed by atoms with Crippen LogP contribution in [0.2, 0.25) is 0 Å². The van der Waals surface area contributed by atoms with E-state index < -0.39 is 20.9 Å². The molecule has 21 heavy (non-hydrogen) atoms. The van der Waals surface area contributed by atoms with Gasteiger partial charge >= 0.3 is 0 Å². The van der Waals surface area contributed by atoms with Crippen LogP contribution in [-0.2, 0) is 19.4 Å². The summed E-state index contributed by atoms with van der Waals surface area (Å²) in [6, 6.07) is 0. The van der Waals surface area contributed by atoms with Gasteiger partial charge < -0.3 is 10.2 Å². The van der Waals surface area contributed by atoms with Crippen molar-refractivity contribution >= 4 is 21.7 Å². The summed E-state index contributed by atoms with van der Waals surface area (Å²) in [7, 11) is -3.18. The zero-order chi connectivity index (χ0) is 15.9. The first-order chi connectivity index (χ1) is 9.58. The van der Waals surface area contributed by atoms with E-state index in [0.29, 0.717) is 12.8 Å². The molecule has 0 bridgehead atoms. The molecule has 1 saturated carbocycles. The molecule has 0 aromatic rings. The van der Waals surface area contributed by atoms with Gasteiger partial charge in [-0.1, -0.05) is 19.3 Å². The van der Waals surface area contributed by atoms with Gasteiger partial charge in [0.05, 0.1) is 5.75 Å². The number of sulfone groups is 1. The van der Waals surface area contributed by atoms with Crippen LogP contribution in [0.5, 0.6) is 0 Å². The molecule has 1 spiro atoms. The monoisotopic (exact) mass is 316 g/mol. The second-order valence-corrected chi connectivity index (χ2v) is 9.00. The lowest BCUT2D eigenvalue weighted by Crippen LogP contribution is -2.74. The highest BCUT2D eigenvalue weighted by Crippen LogP contribution is 2.36. The molecule has 7 heteroatoms. The topological polar surface area (TPSA) is 83.6 Å². The highest BCUT2D eigenvalue weighted by Gasteiger charge is 2.54. The minimum absolute atomic E-state index is 0.0693. The van der Waals surface area contributed by atoms with Crippen LogP contribution in [0.25, 0.3) is 0 Å². The Morgan fingerprint density at radius 1 is 1.14 bits per heavy atom. The third kappa shape index (κ3) is 3.07. The van der Waals surface area contributed by atoms with Gasteiger partial charge in [0.2, 0.25) is 11.8 Å². The average molecular weight is 316 g/mol. The second kappa shape index (κ2) is 5.26. The zero-order valence-electron chi connectivity index (χ0n) is 12.9. The van der Waals surface area contributed by atoms with Gasteiger partial charge in [-0.3, -0.25) is 9.59 Å². The fraction of sp³-hybridized carbons (Fsp3) is 0.857. The lowest BCUT2D eigenvalue weighted by Gasteiger charge is -2.51. The Kier molecular flexibility index (Phi) is 4.08. The Labute approximate surface area is 126 Å². The molecule has 1 aliphatic heterocycles. The molecule has 0 aromatic heterocycles. The van der Waals surface area contributed by atoms with Crippen LogP contribution < -0.4 is 5.32 Å². The third-order valence-corrected chi connectivity index (χ3v) is 5.55. The lowest BCUT2D eigenvalue weighted by atomic mass is 9.76. The second-order valence-electron chi connectivity index (χ2n) is 6.74. The maximum absolute atomic E-state index is 12.9. The van der Waals surface area contributed by atoms with E-state index in [-0.39, 0.29) is 24.1 Å². The molecule has 2 fully saturated rings. The molecule has 1 heterocycles. The Bertz CT molecular complexity index is 547. The Balaban J connectivity index is 2.29.